The zero-order chi connectivity index (χ0) is 13.1. The van der Waals surface area contributed by atoms with Crippen LogP contribution in [-0.2, 0) is 13.0 Å². The van der Waals surface area contributed by atoms with Crippen LogP contribution in [0.5, 0.6) is 0 Å². The van der Waals surface area contributed by atoms with E-state index in [1.807, 2.05) is 6.07 Å². The molecule has 0 radical (unpaired) electrons. The van der Waals surface area contributed by atoms with Crippen LogP contribution in [0.15, 0.2) is 36.7 Å². The van der Waals surface area contributed by atoms with E-state index < -0.39 is 0 Å². The Morgan fingerprint density at radius 2 is 2.05 bits per heavy atom. The topological polar surface area (TPSA) is 41.0 Å². The summed E-state index contributed by atoms with van der Waals surface area (Å²) in [4.78, 5) is 10.9. The number of hydrogen-bond donors (Lipinski definition) is 1. The second-order valence-electron chi connectivity index (χ2n) is 4.73. The van der Waals surface area contributed by atoms with Gasteiger partial charge in [-0.3, -0.25) is 0 Å². The van der Waals surface area contributed by atoms with Gasteiger partial charge in [-0.2, -0.15) is 0 Å². The minimum Gasteiger partial charge on any atom is -0.370 e. The number of anilines is 2. The van der Waals surface area contributed by atoms with Crippen LogP contribution in [-0.4, -0.2) is 23.1 Å². The summed E-state index contributed by atoms with van der Waals surface area (Å²) in [5.41, 5.74) is 2.86. The van der Waals surface area contributed by atoms with E-state index in [2.05, 4.69) is 51.4 Å². The first kappa shape index (κ1) is 12.0. The van der Waals surface area contributed by atoms with Crippen LogP contribution >= 0.6 is 0 Å². The van der Waals surface area contributed by atoms with Crippen molar-refractivity contribution >= 4 is 11.6 Å². The Labute approximate surface area is 113 Å². The molecule has 1 aliphatic heterocycles. The molecule has 0 fully saturated rings. The van der Waals surface area contributed by atoms with E-state index in [1.165, 1.54) is 11.1 Å². The van der Waals surface area contributed by atoms with Crippen molar-refractivity contribution in [1.29, 1.82) is 0 Å². The standard InChI is InChI=1S/C15H18N4/c1-2-16-14-9-15(18-11-17-14)19-8-7-12-5-3-4-6-13(12)10-19/h3-6,9,11H,2,7-8,10H2,1H3,(H,16,17,18). The summed E-state index contributed by atoms with van der Waals surface area (Å²) in [7, 11) is 0. The third-order valence-electron chi connectivity index (χ3n) is 3.47. The Morgan fingerprint density at radius 3 is 2.89 bits per heavy atom. The second kappa shape index (κ2) is 5.26. The van der Waals surface area contributed by atoms with E-state index in [-0.39, 0.29) is 0 Å². The summed E-state index contributed by atoms with van der Waals surface area (Å²) >= 11 is 0. The van der Waals surface area contributed by atoms with Gasteiger partial charge in [0.25, 0.3) is 0 Å². The number of nitrogens with one attached hydrogen (secondary N) is 1. The number of hydrogen-bond acceptors (Lipinski definition) is 4. The van der Waals surface area contributed by atoms with E-state index in [1.54, 1.807) is 6.33 Å². The summed E-state index contributed by atoms with van der Waals surface area (Å²) in [5.74, 6) is 1.90. The van der Waals surface area contributed by atoms with Crippen LogP contribution in [0.25, 0.3) is 0 Å². The van der Waals surface area contributed by atoms with Crippen LogP contribution in [0.1, 0.15) is 18.1 Å². The molecule has 0 amide bonds. The maximum atomic E-state index is 4.39. The normalized spacial score (nSPS) is 14.1. The molecule has 0 aliphatic carbocycles. The second-order valence-corrected chi connectivity index (χ2v) is 4.73. The Morgan fingerprint density at radius 1 is 1.21 bits per heavy atom. The molecular formula is C15H18N4. The maximum Gasteiger partial charge on any atom is 0.134 e. The van der Waals surface area contributed by atoms with Gasteiger partial charge < -0.3 is 10.2 Å². The lowest BCUT2D eigenvalue weighted by Gasteiger charge is -2.29. The predicted octanol–water partition coefficient (Wildman–Crippen LogP) is 2.47. The van der Waals surface area contributed by atoms with Crippen molar-refractivity contribution in [3.63, 3.8) is 0 Å². The molecule has 98 valence electrons. The molecule has 2 aromatic rings. The maximum absolute atomic E-state index is 4.39. The third-order valence-corrected chi connectivity index (χ3v) is 3.47. The fourth-order valence-corrected chi connectivity index (χ4v) is 2.49. The molecule has 0 saturated heterocycles. The first-order valence-corrected chi connectivity index (χ1v) is 6.74. The van der Waals surface area contributed by atoms with Gasteiger partial charge in [-0.1, -0.05) is 24.3 Å². The number of nitrogens with zero attached hydrogens (tertiary/aromatic N) is 3. The van der Waals surface area contributed by atoms with Crippen molar-refractivity contribution in [3.05, 3.63) is 47.8 Å². The highest BCUT2D eigenvalue weighted by molar-refractivity contribution is 5.50. The summed E-state index contributed by atoms with van der Waals surface area (Å²) < 4.78 is 0. The average molecular weight is 254 g/mol. The van der Waals surface area contributed by atoms with E-state index in [4.69, 9.17) is 0 Å². The number of rotatable bonds is 3. The smallest absolute Gasteiger partial charge is 0.134 e. The largest absolute Gasteiger partial charge is 0.370 e. The Balaban J connectivity index is 1.82. The summed E-state index contributed by atoms with van der Waals surface area (Å²) in [5, 5.41) is 3.23. The van der Waals surface area contributed by atoms with Gasteiger partial charge in [0.15, 0.2) is 0 Å². The molecule has 1 aromatic heterocycles. The number of fused-ring (bicyclic) bond motifs is 1. The van der Waals surface area contributed by atoms with E-state index in [0.29, 0.717) is 0 Å². The van der Waals surface area contributed by atoms with Gasteiger partial charge in [0.1, 0.15) is 18.0 Å². The van der Waals surface area contributed by atoms with Crippen LogP contribution < -0.4 is 10.2 Å². The highest BCUT2D eigenvalue weighted by atomic mass is 15.2. The van der Waals surface area contributed by atoms with Crippen molar-refractivity contribution in [3.8, 4) is 0 Å². The predicted molar refractivity (Wildman–Crippen MR) is 77.4 cm³/mol. The van der Waals surface area contributed by atoms with Gasteiger partial charge in [-0.15, -0.1) is 0 Å². The molecule has 3 rings (SSSR count). The van der Waals surface area contributed by atoms with Crippen molar-refractivity contribution in [1.82, 2.24) is 9.97 Å². The molecule has 0 saturated carbocycles. The van der Waals surface area contributed by atoms with Gasteiger partial charge in [-0.25, -0.2) is 9.97 Å². The molecule has 4 nitrogen and oxygen atoms in total. The Hall–Kier alpha value is -2.10. The molecular weight excluding hydrogens is 236 g/mol. The Bertz CT molecular complexity index is 568. The molecule has 2 heterocycles. The van der Waals surface area contributed by atoms with Crippen molar-refractivity contribution in [2.75, 3.05) is 23.3 Å². The molecule has 0 bridgehead atoms. The number of aromatic nitrogens is 2. The van der Waals surface area contributed by atoms with Crippen molar-refractivity contribution < 1.29 is 0 Å². The first-order chi connectivity index (χ1) is 9.36. The fraction of sp³-hybridized carbons (Fsp3) is 0.333. The van der Waals surface area contributed by atoms with E-state index in [0.717, 1.165) is 37.7 Å². The zero-order valence-electron chi connectivity index (χ0n) is 11.1. The van der Waals surface area contributed by atoms with Gasteiger partial charge in [-0.05, 0) is 24.5 Å². The van der Waals surface area contributed by atoms with Crippen LogP contribution in [0.2, 0.25) is 0 Å². The molecule has 1 aliphatic rings. The van der Waals surface area contributed by atoms with Gasteiger partial charge in [0.05, 0.1) is 0 Å². The molecule has 0 spiro atoms. The SMILES string of the molecule is CCNc1cc(N2CCc3ccccc3C2)ncn1. The molecule has 0 unspecified atom stereocenters. The minimum atomic E-state index is 0.874. The average Bonchev–Trinajstić information content (AvgIpc) is 2.47. The van der Waals surface area contributed by atoms with Crippen LogP contribution in [0, 0.1) is 0 Å². The lowest BCUT2D eigenvalue weighted by atomic mass is 10.00. The van der Waals surface area contributed by atoms with Crippen LogP contribution in [0.3, 0.4) is 0 Å². The molecule has 4 heteroatoms. The molecule has 0 atom stereocenters. The third kappa shape index (κ3) is 2.52. The Kier molecular flexibility index (Phi) is 3.31. The van der Waals surface area contributed by atoms with E-state index in [9.17, 15) is 0 Å². The van der Waals surface area contributed by atoms with Gasteiger partial charge in [0, 0.05) is 25.7 Å². The zero-order valence-corrected chi connectivity index (χ0v) is 11.1. The summed E-state index contributed by atoms with van der Waals surface area (Å²) in [6.07, 6.45) is 2.71. The highest BCUT2D eigenvalue weighted by Gasteiger charge is 2.17. The molecule has 1 aromatic carbocycles. The lowest BCUT2D eigenvalue weighted by molar-refractivity contribution is 0.719. The fourth-order valence-electron chi connectivity index (χ4n) is 2.49. The monoisotopic (exact) mass is 254 g/mol. The highest BCUT2D eigenvalue weighted by Crippen LogP contribution is 2.23. The molecule has 19 heavy (non-hydrogen) atoms. The van der Waals surface area contributed by atoms with E-state index >= 15 is 0 Å². The van der Waals surface area contributed by atoms with Gasteiger partial charge >= 0.3 is 0 Å². The van der Waals surface area contributed by atoms with Crippen molar-refractivity contribution in [2.45, 2.75) is 19.9 Å². The van der Waals surface area contributed by atoms with Crippen LogP contribution in [0.4, 0.5) is 11.6 Å². The molecule has 1 N–H and O–H groups in total. The van der Waals surface area contributed by atoms with Gasteiger partial charge in [0.2, 0.25) is 0 Å². The lowest BCUT2D eigenvalue weighted by Crippen LogP contribution is -2.31. The summed E-state index contributed by atoms with van der Waals surface area (Å²) in [6, 6.07) is 10.7. The summed E-state index contributed by atoms with van der Waals surface area (Å²) in [6.45, 7) is 4.89. The quantitative estimate of drug-likeness (QED) is 0.913. The first-order valence-electron chi connectivity index (χ1n) is 6.74. The number of benzene rings is 1. The van der Waals surface area contributed by atoms with Crippen molar-refractivity contribution in [2.24, 2.45) is 0 Å². The minimum absolute atomic E-state index is 0.874.